The summed E-state index contributed by atoms with van der Waals surface area (Å²) in [6, 6.07) is 0. The third-order valence-corrected chi connectivity index (χ3v) is 1.39. The van der Waals surface area contributed by atoms with Gasteiger partial charge in [0.05, 0.1) is 0 Å². The molecule has 1 aromatic heterocycles. The molecule has 3 N–H and O–H groups in total. The summed E-state index contributed by atoms with van der Waals surface area (Å²) < 4.78 is 35.3. The van der Waals surface area contributed by atoms with E-state index in [1.807, 2.05) is 0 Å². The highest BCUT2D eigenvalue weighted by atomic mass is 19.4. The molecule has 0 spiro atoms. The van der Waals surface area contributed by atoms with E-state index >= 15 is 0 Å². The van der Waals surface area contributed by atoms with Gasteiger partial charge in [-0.3, -0.25) is 4.79 Å². The summed E-state index contributed by atoms with van der Waals surface area (Å²) in [7, 11) is 0. The Balaban J connectivity index is 2.66. The maximum atomic E-state index is 11.8. The highest BCUT2D eigenvalue weighted by molar-refractivity contribution is 5.96. The van der Waals surface area contributed by atoms with Crippen LogP contribution in [0.4, 0.5) is 19.0 Å². The summed E-state index contributed by atoms with van der Waals surface area (Å²) in [6.07, 6.45) is -2.07. The predicted molar refractivity (Wildman–Crippen MR) is 44.8 cm³/mol. The average molecular weight is 220 g/mol. The molecular formula is C7H7F3N4O. The smallest absolute Gasteiger partial charge is 0.382 e. The van der Waals surface area contributed by atoms with E-state index in [1.165, 1.54) is 12.4 Å². The van der Waals surface area contributed by atoms with E-state index in [1.54, 1.807) is 5.32 Å². The van der Waals surface area contributed by atoms with Gasteiger partial charge in [-0.15, -0.1) is 0 Å². The maximum absolute atomic E-state index is 11.8. The maximum Gasteiger partial charge on any atom is 0.405 e. The molecule has 1 aromatic rings. The molecular weight excluding hydrogens is 213 g/mol. The van der Waals surface area contributed by atoms with Crippen LogP contribution < -0.4 is 11.1 Å². The Morgan fingerprint density at radius 2 is 2.00 bits per heavy atom. The van der Waals surface area contributed by atoms with E-state index in [-0.39, 0.29) is 11.5 Å². The molecule has 0 fully saturated rings. The lowest BCUT2D eigenvalue weighted by molar-refractivity contribution is -0.123. The van der Waals surface area contributed by atoms with Gasteiger partial charge < -0.3 is 11.1 Å². The number of alkyl halides is 3. The summed E-state index contributed by atoms with van der Waals surface area (Å²) in [5, 5.41) is 1.63. The highest BCUT2D eigenvalue weighted by Gasteiger charge is 2.28. The number of aromatic nitrogens is 2. The molecule has 0 unspecified atom stereocenters. The Bertz CT molecular complexity index is 365. The van der Waals surface area contributed by atoms with E-state index in [0.717, 1.165) is 0 Å². The molecule has 15 heavy (non-hydrogen) atoms. The fourth-order valence-electron chi connectivity index (χ4n) is 0.788. The van der Waals surface area contributed by atoms with Gasteiger partial charge in [-0.1, -0.05) is 0 Å². The van der Waals surface area contributed by atoms with Crippen molar-refractivity contribution in [3.8, 4) is 0 Å². The number of nitrogen functional groups attached to an aromatic ring is 1. The second kappa shape index (κ2) is 4.11. The zero-order valence-electron chi connectivity index (χ0n) is 7.38. The van der Waals surface area contributed by atoms with E-state index in [9.17, 15) is 18.0 Å². The summed E-state index contributed by atoms with van der Waals surface area (Å²) in [5.74, 6) is -1.21. The molecule has 0 aliphatic carbocycles. The van der Waals surface area contributed by atoms with Crippen molar-refractivity contribution in [1.29, 1.82) is 0 Å². The number of carbonyl (C=O) groups excluding carboxylic acids is 1. The molecule has 1 rings (SSSR count). The number of nitrogens with one attached hydrogen (secondary N) is 1. The van der Waals surface area contributed by atoms with Crippen molar-refractivity contribution in [3.05, 3.63) is 18.1 Å². The molecule has 82 valence electrons. The molecule has 5 nitrogen and oxygen atoms in total. The van der Waals surface area contributed by atoms with E-state index in [0.29, 0.717) is 0 Å². The van der Waals surface area contributed by atoms with Crippen LogP contribution in [0.15, 0.2) is 12.4 Å². The summed E-state index contributed by atoms with van der Waals surface area (Å²) in [5.41, 5.74) is 4.93. The van der Waals surface area contributed by atoms with Crippen molar-refractivity contribution < 1.29 is 18.0 Å². The molecule has 1 heterocycles. The van der Waals surface area contributed by atoms with E-state index in [2.05, 4.69) is 9.97 Å². The predicted octanol–water partition coefficient (Wildman–Crippen LogP) is 0.351. The van der Waals surface area contributed by atoms with Crippen molar-refractivity contribution in [1.82, 2.24) is 15.3 Å². The number of carbonyl (C=O) groups is 1. The first-order chi connectivity index (χ1) is 6.90. The molecule has 0 aliphatic heterocycles. The third kappa shape index (κ3) is 3.41. The SMILES string of the molecule is Nc1nccnc1C(=O)NCC(F)(F)F. The largest absolute Gasteiger partial charge is 0.405 e. The van der Waals surface area contributed by atoms with Gasteiger partial charge in [-0.2, -0.15) is 13.2 Å². The minimum absolute atomic E-state index is 0.211. The number of anilines is 1. The quantitative estimate of drug-likeness (QED) is 0.753. The monoisotopic (exact) mass is 220 g/mol. The Kier molecular flexibility index (Phi) is 3.08. The first-order valence-corrected chi connectivity index (χ1v) is 3.81. The first-order valence-electron chi connectivity index (χ1n) is 3.81. The lowest BCUT2D eigenvalue weighted by Gasteiger charge is -2.08. The number of rotatable bonds is 2. The number of halogens is 3. The summed E-state index contributed by atoms with van der Waals surface area (Å²) in [6.45, 7) is -1.43. The van der Waals surface area contributed by atoms with Gasteiger partial charge in [0.1, 0.15) is 6.54 Å². The van der Waals surface area contributed by atoms with Gasteiger partial charge in [0.15, 0.2) is 11.5 Å². The number of hydrogen-bond acceptors (Lipinski definition) is 4. The van der Waals surface area contributed by atoms with Gasteiger partial charge in [-0.25, -0.2) is 9.97 Å². The molecule has 0 bridgehead atoms. The van der Waals surface area contributed by atoms with Gasteiger partial charge >= 0.3 is 6.18 Å². The Hall–Kier alpha value is -1.86. The van der Waals surface area contributed by atoms with Crippen LogP contribution in [0.3, 0.4) is 0 Å². The number of amides is 1. The molecule has 0 aliphatic rings. The van der Waals surface area contributed by atoms with Gasteiger partial charge in [0, 0.05) is 12.4 Å². The van der Waals surface area contributed by atoms with Crippen molar-refractivity contribution in [2.75, 3.05) is 12.3 Å². The van der Waals surface area contributed by atoms with Crippen LogP contribution in [0.2, 0.25) is 0 Å². The van der Waals surface area contributed by atoms with Crippen LogP contribution in [0.5, 0.6) is 0 Å². The summed E-state index contributed by atoms with van der Waals surface area (Å²) in [4.78, 5) is 18.1. The molecule has 0 saturated heterocycles. The molecule has 8 heteroatoms. The normalized spacial score (nSPS) is 11.1. The zero-order valence-corrected chi connectivity index (χ0v) is 7.38. The lowest BCUT2D eigenvalue weighted by Crippen LogP contribution is -2.34. The average Bonchev–Trinajstić information content (AvgIpc) is 2.14. The molecule has 0 atom stereocenters. The fraction of sp³-hybridized carbons (Fsp3) is 0.286. The number of hydrogen-bond donors (Lipinski definition) is 2. The third-order valence-electron chi connectivity index (χ3n) is 1.39. The summed E-state index contributed by atoms with van der Waals surface area (Å²) >= 11 is 0. The number of nitrogens with zero attached hydrogens (tertiary/aromatic N) is 2. The van der Waals surface area contributed by atoms with Crippen molar-refractivity contribution in [2.45, 2.75) is 6.18 Å². The van der Waals surface area contributed by atoms with E-state index < -0.39 is 18.6 Å². The Morgan fingerprint density at radius 3 is 2.53 bits per heavy atom. The second-order valence-corrected chi connectivity index (χ2v) is 2.59. The fourth-order valence-corrected chi connectivity index (χ4v) is 0.788. The van der Waals surface area contributed by atoms with Crippen LogP contribution >= 0.6 is 0 Å². The standard InChI is InChI=1S/C7H7F3N4O/c8-7(9,10)3-14-6(15)4-5(11)13-2-1-12-4/h1-2H,3H2,(H2,11,13)(H,14,15). The second-order valence-electron chi connectivity index (χ2n) is 2.59. The highest BCUT2D eigenvalue weighted by Crippen LogP contribution is 2.12. The Labute approximate surface area is 82.5 Å². The molecule has 0 radical (unpaired) electrons. The topological polar surface area (TPSA) is 80.9 Å². The van der Waals surface area contributed by atoms with Crippen LogP contribution in [0.25, 0.3) is 0 Å². The van der Waals surface area contributed by atoms with Crippen molar-refractivity contribution in [2.24, 2.45) is 0 Å². The van der Waals surface area contributed by atoms with Crippen LogP contribution in [0.1, 0.15) is 10.5 Å². The van der Waals surface area contributed by atoms with Crippen molar-refractivity contribution >= 4 is 11.7 Å². The zero-order chi connectivity index (χ0) is 11.5. The van der Waals surface area contributed by atoms with E-state index in [4.69, 9.17) is 5.73 Å². The molecule has 0 aromatic carbocycles. The Morgan fingerprint density at radius 1 is 1.40 bits per heavy atom. The van der Waals surface area contributed by atoms with Crippen LogP contribution in [-0.4, -0.2) is 28.6 Å². The lowest BCUT2D eigenvalue weighted by atomic mass is 10.4. The first kappa shape index (κ1) is 11.2. The minimum Gasteiger partial charge on any atom is -0.382 e. The molecule has 1 amide bonds. The minimum atomic E-state index is -4.47. The van der Waals surface area contributed by atoms with Gasteiger partial charge in [0.25, 0.3) is 5.91 Å². The van der Waals surface area contributed by atoms with Crippen LogP contribution in [-0.2, 0) is 0 Å². The van der Waals surface area contributed by atoms with Gasteiger partial charge in [0.2, 0.25) is 0 Å². The van der Waals surface area contributed by atoms with Gasteiger partial charge in [-0.05, 0) is 0 Å². The van der Waals surface area contributed by atoms with Crippen molar-refractivity contribution in [3.63, 3.8) is 0 Å². The molecule has 0 saturated carbocycles. The number of nitrogens with two attached hydrogens (primary N) is 1. The van der Waals surface area contributed by atoms with Crippen LogP contribution in [0, 0.1) is 0 Å².